The average Bonchev–Trinajstić information content (AvgIpc) is 3.10. The van der Waals surface area contributed by atoms with E-state index in [2.05, 4.69) is 5.32 Å². The highest BCUT2D eigenvalue weighted by Crippen LogP contribution is 2.31. The third-order valence-electron chi connectivity index (χ3n) is 5.28. The fraction of sp³-hybridized carbons (Fsp3) is 0.409. The predicted molar refractivity (Wildman–Crippen MR) is 108 cm³/mol. The molecule has 2 aromatic rings. The molecule has 1 aliphatic heterocycles. The van der Waals surface area contributed by atoms with Crippen LogP contribution in [0.4, 0.5) is 18.0 Å². The number of benzene rings is 1. The lowest BCUT2D eigenvalue weighted by Gasteiger charge is -2.14. The van der Waals surface area contributed by atoms with Crippen LogP contribution in [-0.2, 0) is 11.0 Å². The standard InChI is InChI=1S/C22H24F3N3O3/c1-12(2)8-18-20(30)27(21(31)26-18)11-19(29)17-9-13(3)28(14(17)4)16-7-5-6-15(10-16)22(23,24)25/h5-7,9-10,12,18H,8,11H2,1-4H3,(H,26,31). The van der Waals surface area contributed by atoms with Gasteiger partial charge in [-0.25, -0.2) is 4.79 Å². The number of hydrogen-bond donors (Lipinski definition) is 1. The van der Waals surface area contributed by atoms with Crippen LogP contribution in [0.5, 0.6) is 0 Å². The third-order valence-corrected chi connectivity index (χ3v) is 5.28. The summed E-state index contributed by atoms with van der Waals surface area (Å²) in [6.45, 7) is 6.72. The second-order valence-corrected chi connectivity index (χ2v) is 8.15. The van der Waals surface area contributed by atoms with Crippen LogP contribution < -0.4 is 5.32 Å². The first kappa shape index (κ1) is 22.6. The van der Waals surface area contributed by atoms with Crippen LogP contribution in [0.3, 0.4) is 0 Å². The molecule has 1 N–H and O–H groups in total. The fourth-order valence-corrected chi connectivity index (χ4v) is 3.85. The number of halogens is 3. The molecule has 1 fully saturated rings. The van der Waals surface area contributed by atoms with Gasteiger partial charge in [-0.3, -0.25) is 14.5 Å². The topological polar surface area (TPSA) is 71.4 Å². The molecule has 166 valence electrons. The molecular weight excluding hydrogens is 411 g/mol. The first-order valence-corrected chi connectivity index (χ1v) is 9.91. The predicted octanol–water partition coefficient (Wildman–Crippen LogP) is 4.26. The molecule has 1 atom stereocenters. The molecule has 0 aliphatic carbocycles. The lowest BCUT2D eigenvalue weighted by molar-refractivity contribution is -0.137. The van der Waals surface area contributed by atoms with E-state index in [1.165, 1.54) is 12.1 Å². The van der Waals surface area contributed by atoms with Crippen LogP contribution in [0.1, 0.15) is 47.6 Å². The highest BCUT2D eigenvalue weighted by molar-refractivity contribution is 6.09. The number of carbonyl (C=O) groups is 3. The van der Waals surface area contributed by atoms with E-state index < -0.39 is 42.0 Å². The SMILES string of the molecule is Cc1cc(C(=O)CN2C(=O)NC(CC(C)C)C2=O)c(C)n1-c1cccc(C(F)(F)F)c1. The Morgan fingerprint density at radius 2 is 1.84 bits per heavy atom. The summed E-state index contributed by atoms with van der Waals surface area (Å²) in [4.78, 5) is 38.5. The molecule has 1 saturated heterocycles. The minimum absolute atomic E-state index is 0.191. The Balaban J connectivity index is 1.86. The number of nitrogens with one attached hydrogen (secondary N) is 1. The Hall–Kier alpha value is -3.10. The number of alkyl halides is 3. The van der Waals surface area contributed by atoms with Gasteiger partial charge in [0.05, 0.1) is 12.1 Å². The zero-order valence-corrected chi connectivity index (χ0v) is 17.7. The Bertz CT molecular complexity index is 1040. The summed E-state index contributed by atoms with van der Waals surface area (Å²) in [5.74, 6) is -0.713. The minimum atomic E-state index is -4.49. The van der Waals surface area contributed by atoms with E-state index in [0.29, 0.717) is 17.8 Å². The molecule has 1 aromatic heterocycles. The lowest BCUT2D eigenvalue weighted by Crippen LogP contribution is -2.36. The largest absolute Gasteiger partial charge is 0.416 e. The molecule has 3 rings (SSSR count). The van der Waals surface area contributed by atoms with Gasteiger partial charge in [0.2, 0.25) is 0 Å². The molecule has 1 aromatic carbocycles. The zero-order chi connectivity index (χ0) is 23.1. The second kappa shape index (κ2) is 8.20. The number of aromatic nitrogens is 1. The van der Waals surface area contributed by atoms with Crippen molar-refractivity contribution in [2.45, 2.75) is 46.3 Å². The Kier molecular flexibility index (Phi) is 5.98. The molecule has 0 bridgehead atoms. The van der Waals surface area contributed by atoms with Gasteiger partial charge >= 0.3 is 12.2 Å². The number of Topliss-reactive ketones (excluding diaryl/α,β-unsaturated/α-hetero) is 1. The van der Waals surface area contributed by atoms with Crippen LogP contribution in [0.25, 0.3) is 5.69 Å². The monoisotopic (exact) mass is 435 g/mol. The van der Waals surface area contributed by atoms with Gasteiger partial charge in [0.1, 0.15) is 6.04 Å². The summed E-state index contributed by atoms with van der Waals surface area (Å²) < 4.78 is 40.8. The third kappa shape index (κ3) is 4.50. The molecule has 9 heteroatoms. The quantitative estimate of drug-likeness (QED) is 0.544. The summed E-state index contributed by atoms with van der Waals surface area (Å²) >= 11 is 0. The fourth-order valence-electron chi connectivity index (χ4n) is 3.85. The van der Waals surface area contributed by atoms with Crippen molar-refractivity contribution in [1.29, 1.82) is 0 Å². The van der Waals surface area contributed by atoms with E-state index in [-0.39, 0.29) is 17.2 Å². The maximum atomic E-state index is 13.1. The van der Waals surface area contributed by atoms with E-state index in [4.69, 9.17) is 0 Å². The number of aryl methyl sites for hydroxylation is 1. The molecule has 1 aliphatic rings. The number of hydrogen-bond acceptors (Lipinski definition) is 3. The Morgan fingerprint density at radius 1 is 1.16 bits per heavy atom. The smallest absolute Gasteiger partial charge is 0.326 e. The number of amides is 3. The van der Waals surface area contributed by atoms with Crippen molar-refractivity contribution in [1.82, 2.24) is 14.8 Å². The second-order valence-electron chi connectivity index (χ2n) is 8.15. The lowest BCUT2D eigenvalue weighted by atomic mass is 10.0. The summed E-state index contributed by atoms with van der Waals surface area (Å²) in [7, 11) is 0. The van der Waals surface area contributed by atoms with Crippen molar-refractivity contribution in [3.63, 3.8) is 0 Å². The molecule has 31 heavy (non-hydrogen) atoms. The number of rotatable bonds is 6. The average molecular weight is 435 g/mol. The van der Waals surface area contributed by atoms with Gasteiger partial charge in [-0.1, -0.05) is 19.9 Å². The summed E-state index contributed by atoms with van der Waals surface area (Å²) in [6, 6.07) is 5.12. The van der Waals surface area contributed by atoms with Crippen molar-refractivity contribution in [2.75, 3.05) is 6.54 Å². The van der Waals surface area contributed by atoms with Gasteiger partial charge < -0.3 is 9.88 Å². The molecule has 0 spiro atoms. The van der Waals surface area contributed by atoms with Gasteiger partial charge in [-0.15, -0.1) is 0 Å². The number of carbonyl (C=O) groups excluding carboxylic acids is 3. The van der Waals surface area contributed by atoms with Crippen LogP contribution >= 0.6 is 0 Å². The first-order valence-electron chi connectivity index (χ1n) is 9.91. The molecule has 0 saturated carbocycles. The zero-order valence-electron chi connectivity index (χ0n) is 17.7. The van der Waals surface area contributed by atoms with E-state index in [9.17, 15) is 27.6 Å². The summed E-state index contributed by atoms with van der Waals surface area (Å²) in [5.41, 5.74) is 0.738. The van der Waals surface area contributed by atoms with Crippen LogP contribution in [0.15, 0.2) is 30.3 Å². The highest BCUT2D eigenvalue weighted by atomic mass is 19.4. The van der Waals surface area contributed by atoms with Crippen molar-refractivity contribution in [3.05, 3.63) is 52.8 Å². The minimum Gasteiger partial charge on any atom is -0.326 e. The van der Waals surface area contributed by atoms with Gasteiger partial charge in [-0.2, -0.15) is 13.2 Å². The Labute approximate surface area is 178 Å². The van der Waals surface area contributed by atoms with E-state index in [1.54, 1.807) is 24.5 Å². The number of nitrogens with zero attached hydrogens (tertiary/aromatic N) is 2. The summed E-state index contributed by atoms with van der Waals surface area (Å²) in [6.07, 6.45) is -4.01. The molecule has 3 amide bonds. The molecule has 6 nitrogen and oxygen atoms in total. The van der Waals surface area contributed by atoms with Crippen molar-refractivity contribution >= 4 is 17.7 Å². The van der Waals surface area contributed by atoms with Crippen LogP contribution in [0, 0.1) is 19.8 Å². The highest BCUT2D eigenvalue weighted by Gasteiger charge is 2.39. The van der Waals surface area contributed by atoms with Crippen LogP contribution in [0.2, 0.25) is 0 Å². The molecule has 2 heterocycles. The van der Waals surface area contributed by atoms with Gasteiger partial charge in [0.25, 0.3) is 5.91 Å². The molecule has 1 unspecified atom stereocenters. The molecular formula is C22H24F3N3O3. The van der Waals surface area contributed by atoms with E-state index in [0.717, 1.165) is 17.0 Å². The van der Waals surface area contributed by atoms with Gasteiger partial charge in [0, 0.05) is 22.6 Å². The van der Waals surface area contributed by atoms with Gasteiger partial charge in [-0.05, 0) is 50.5 Å². The van der Waals surface area contributed by atoms with Crippen molar-refractivity contribution in [2.24, 2.45) is 5.92 Å². The van der Waals surface area contributed by atoms with E-state index in [1.807, 2.05) is 13.8 Å². The summed E-state index contributed by atoms with van der Waals surface area (Å²) in [5, 5.41) is 2.59. The maximum absolute atomic E-state index is 13.1. The first-order chi connectivity index (χ1) is 14.4. The van der Waals surface area contributed by atoms with Gasteiger partial charge in [0.15, 0.2) is 5.78 Å². The number of ketones is 1. The van der Waals surface area contributed by atoms with Crippen molar-refractivity contribution in [3.8, 4) is 5.69 Å². The normalized spacial score (nSPS) is 16.9. The van der Waals surface area contributed by atoms with E-state index >= 15 is 0 Å². The molecule has 0 radical (unpaired) electrons. The van der Waals surface area contributed by atoms with Crippen molar-refractivity contribution < 1.29 is 27.6 Å². The Morgan fingerprint density at radius 3 is 2.45 bits per heavy atom. The maximum Gasteiger partial charge on any atom is 0.416 e. The number of imide groups is 1. The number of urea groups is 1. The van der Waals surface area contributed by atoms with Crippen LogP contribution in [-0.4, -0.2) is 39.8 Å².